The summed E-state index contributed by atoms with van der Waals surface area (Å²) in [5.41, 5.74) is 2.66. The number of fused-ring (bicyclic) bond motifs is 1. The van der Waals surface area contributed by atoms with Crippen LogP contribution in [0.1, 0.15) is 5.82 Å². The van der Waals surface area contributed by atoms with Crippen LogP contribution in [0.25, 0.3) is 16.7 Å². The highest BCUT2D eigenvalue weighted by Gasteiger charge is 2.15. The zero-order valence-electron chi connectivity index (χ0n) is 10.8. The molecule has 3 aromatic rings. The Labute approximate surface area is 145 Å². The van der Waals surface area contributed by atoms with E-state index >= 15 is 0 Å². The number of alkyl halides is 1. The van der Waals surface area contributed by atoms with Gasteiger partial charge in [0, 0.05) is 21.8 Å². The number of hydrogen-bond acceptors (Lipinski definition) is 1. The Bertz CT molecular complexity index is 814. The summed E-state index contributed by atoms with van der Waals surface area (Å²) >= 11 is 21.8. The molecule has 0 unspecified atom stereocenters. The van der Waals surface area contributed by atoms with E-state index in [2.05, 4.69) is 20.9 Å². The summed E-state index contributed by atoms with van der Waals surface area (Å²) in [7, 11) is 0. The van der Waals surface area contributed by atoms with Gasteiger partial charge in [-0.1, -0.05) is 39.1 Å². The lowest BCUT2D eigenvalue weighted by molar-refractivity contribution is 0.912. The number of aromatic nitrogens is 2. The molecule has 0 saturated heterocycles. The highest BCUT2D eigenvalue weighted by atomic mass is 79.9. The van der Waals surface area contributed by atoms with E-state index in [0.717, 1.165) is 27.0 Å². The van der Waals surface area contributed by atoms with E-state index in [4.69, 9.17) is 34.8 Å². The van der Waals surface area contributed by atoms with Crippen molar-refractivity contribution in [2.24, 2.45) is 0 Å². The first-order valence-electron chi connectivity index (χ1n) is 6.28. The Hall–Kier alpha value is -0.740. The fourth-order valence-corrected chi connectivity index (χ4v) is 3.38. The van der Waals surface area contributed by atoms with Crippen LogP contribution < -0.4 is 0 Å². The Morgan fingerprint density at radius 1 is 1.10 bits per heavy atom. The Morgan fingerprint density at radius 2 is 1.90 bits per heavy atom. The van der Waals surface area contributed by atoms with E-state index < -0.39 is 0 Å². The van der Waals surface area contributed by atoms with Gasteiger partial charge >= 0.3 is 0 Å². The third-order valence-electron chi connectivity index (χ3n) is 3.15. The molecule has 108 valence electrons. The van der Waals surface area contributed by atoms with Crippen molar-refractivity contribution in [3.63, 3.8) is 0 Å². The molecular weight excluding hydrogens is 394 g/mol. The molecule has 0 spiro atoms. The van der Waals surface area contributed by atoms with Crippen LogP contribution in [0, 0.1) is 0 Å². The number of imidazole rings is 1. The molecule has 6 heteroatoms. The number of aryl methyl sites for hydroxylation is 1. The molecule has 1 aromatic heterocycles. The number of halogens is 4. The molecule has 0 aliphatic heterocycles. The third-order valence-corrected chi connectivity index (χ3v) is 4.37. The molecule has 0 atom stereocenters. The summed E-state index contributed by atoms with van der Waals surface area (Å²) in [4.78, 5) is 4.63. The predicted octanol–water partition coefficient (Wildman–Crippen LogP) is 5.88. The molecule has 2 nitrogen and oxygen atoms in total. The fraction of sp³-hybridized carbons (Fsp3) is 0.133. The molecule has 0 bridgehead atoms. The smallest absolute Gasteiger partial charge is 0.115 e. The number of hydrogen-bond donors (Lipinski definition) is 0. The highest BCUT2D eigenvalue weighted by Crippen LogP contribution is 2.30. The lowest BCUT2D eigenvalue weighted by atomic mass is 10.2. The second-order valence-electron chi connectivity index (χ2n) is 4.53. The van der Waals surface area contributed by atoms with Gasteiger partial charge in [0.1, 0.15) is 5.82 Å². The van der Waals surface area contributed by atoms with Crippen molar-refractivity contribution in [2.75, 3.05) is 5.88 Å². The summed E-state index contributed by atoms with van der Waals surface area (Å²) in [5.74, 6) is 1.36. The van der Waals surface area contributed by atoms with Crippen LogP contribution >= 0.6 is 50.7 Å². The molecule has 1 heterocycles. The van der Waals surface area contributed by atoms with Gasteiger partial charge in [0.25, 0.3) is 0 Å². The van der Waals surface area contributed by atoms with Gasteiger partial charge in [-0.25, -0.2) is 4.98 Å². The van der Waals surface area contributed by atoms with Crippen LogP contribution in [0.3, 0.4) is 0 Å². The molecular formula is C15H10BrCl3N2. The van der Waals surface area contributed by atoms with Gasteiger partial charge in [-0.05, 0) is 36.4 Å². The predicted molar refractivity (Wildman–Crippen MR) is 93.2 cm³/mol. The van der Waals surface area contributed by atoms with Crippen LogP contribution in [0.15, 0.2) is 40.9 Å². The molecule has 0 N–H and O–H groups in total. The van der Waals surface area contributed by atoms with Crippen molar-refractivity contribution >= 4 is 61.8 Å². The van der Waals surface area contributed by atoms with Crippen molar-refractivity contribution in [3.05, 3.63) is 56.7 Å². The van der Waals surface area contributed by atoms with Crippen LogP contribution in [0.2, 0.25) is 10.0 Å². The first kappa shape index (κ1) is 15.2. The average Bonchev–Trinajstić information content (AvgIpc) is 2.77. The zero-order chi connectivity index (χ0) is 15.0. The molecule has 2 aromatic carbocycles. The second-order valence-corrected chi connectivity index (χ2v) is 6.67. The maximum Gasteiger partial charge on any atom is 0.115 e. The normalized spacial score (nSPS) is 11.2. The molecule has 3 rings (SSSR count). The summed E-state index contributed by atoms with van der Waals surface area (Å²) in [6, 6.07) is 11.4. The van der Waals surface area contributed by atoms with Crippen molar-refractivity contribution in [3.8, 4) is 5.69 Å². The lowest BCUT2D eigenvalue weighted by Gasteiger charge is -2.11. The van der Waals surface area contributed by atoms with Gasteiger partial charge in [0.05, 0.1) is 21.7 Å². The second kappa shape index (κ2) is 6.17. The van der Waals surface area contributed by atoms with Gasteiger partial charge in [-0.3, -0.25) is 4.57 Å². The van der Waals surface area contributed by atoms with Gasteiger partial charge in [-0.2, -0.15) is 0 Å². The van der Waals surface area contributed by atoms with E-state index in [0.29, 0.717) is 22.3 Å². The number of nitrogens with zero attached hydrogens (tertiary/aromatic N) is 2. The molecule has 0 fully saturated rings. The van der Waals surface area contributed by atoms with E-state index in [-0.39, 0.29) is 0 Å². The van der Waals surface area contributed by atoms with Crippen LogP contribution in [-0.2, 0) is 6.42 Å². The number of rotatable bonds is 3. The zero-order valence-corrected chi connectivity index (χ0v) is 14.6. The molecule has 0 aliphatic carbocycles. The lowest BCUT2D eigenvalue weighted by Crippen LogP contribution is -2.03. The van der Waals surface area contributed by atoms with Crippen LogP contribution in [0.4, 0.5) is 0 Å². The number of benzene rings is 2. The molecule has 0 radical (unpaired) electrons. The molecule has 0 amide bonds. The van der Waals surface area contributed by atoms with E-state index in [1.54, 1.807) is 0 Å². The monoisotopic (exact) mass is 402 g/mol. The Morgan fingerprint density at radius 3 is 2.62 bits per heavy atom. The SMILES string of the molecule is ClCCc1nc2ccc(Cl)cc2n1-c1ccc(Br)cc1Cl. The first-order chi connectivity index (χ1) is 10.1. The fourth-order valence-electron chi connectivity index (χ4n) is 2.28. The third kappa shape index (κ3) is 2.93. The Balaban J connectivity index is 2.32. The van der Waals surface area contributed by atoms with Crippen molar-refractivity contribution in [2.45, 2.75) is 6.42 Å². The summed E-state index contributed by atoms with van der Waals surface area (Å²) in [6.45, 7) is 0. The topological polar surface area (TPSA) is 17.8 Å². The minimum absolute atomic E-state index is 0.491. The quantitative estimate of drug-likeness (QED) is 0.499. The largest absolute Gasteiger partial charge is 0.295 e. The van der Waals surface area contributed by atoms with Gasteiger partial charge < -0.3 is 0 Å². The average molecular weight is 405 g/mol. The minimum atomic E-state index is 0.491. The molecule has 0 aliphatic rings. The van der Waals surface area contributed by atoms with Crippen LogP contribution in [-0.4, -0.2) is 15.4 Å². The summed E-state index contributed by atoms with van der Waals surface area (Å²) in [6.07, 6.45) is 0.653. The van der Waals surface area contributed by atoms with E-state index in [1.165, 1.54) is 0 Å². The van der Waals surface area contributed by atoms with Crippen molar-refractivity contribution < 1.29 is 0 Å². The van der Waals surface area contributed by atoms with E-state index in [9.17, 15) is 0 Å². The minimum Gasteiger partial charge on any atom is -0.295 e. The van der Waals surface area contributed by atoms with Gasteiger partial charge in [0.2, 0.25) is 0 Å². The van der Waals surface area contributed by atoms with Gasteiger partial charge in [0.15, 0.2) is 0 Å². The maximum absolute atomic E-state index is 6.39. The molecule has 21 heavy (non-hydrogen) atoms. The first-order valence-corrected chi connectivity index (χ1v) is 8.37. The van der Waals surface area contributed by atoms with Crippen molar-refractivity contribution in [1.82, 2.24) is 9.55 Å². The molecule has 0 saturated carbocycles. The summed E-state index contributed by atoms with van der Waals surface area (Å²) < 4.78 is 2.94. The van der Waals surface area contributed by atoms with Gasteiger partial charge in [-0.15, -0.1) is 11.6 Å². The van der Waals surface area contributed by atoms with E-state index in [1.807, 2.05) is 41.0 Å². The maximum atomic E-state index is 6.39. The Kier molecular flexibility index (Phi) is 4.46. The summed E-state index contributed by atoms with van der Waals surface area (Å²) in [5, 5.41) is 1.30. The van der Waals surface area contributed by atoms with Crippen molar-refractivity contribution in [1.29, 1.82) is 0 Å². The highest BCUT2D eigenvalue weighted by molar-refractivity contribution is 9.10. The standard InChI is InChI=1S/C15H10BrCl3N2/c16-9-1-4-13(11(19)7-9)21-14-8-10(18)2-3-12(14)20-15(21)5-6-17/h1-4,7-8H,5-6H2. The van der Waals surface area contributed by atoms with Crippen LogP contribution in [0.5, 0.6) is 0 Å².